The van der Waals surface area contributed by atoms with Crippen LogP contribution in [-0.4, -0.2) is 11.1 Å². The van der Waals surface area contributed by atoms with E-state index in [9.17, 15) is 9.90 Å². The molecule has 0 radical (unpaired) electrons. The highest BCUT2D eigenvalue weighted by Crippen LogP contribution is 2.45. The van der Waals surface area contributed by atoms with E-state index < -0.39 is 5.97 Å². The molecule has 0 saturated heterocycles. The fourth-order valence-corrected chi connectivity index (χ4v) is 2.81. The van der Waals surface area contributed by atoms with E-state index in [1.54, 1.807) is 0 Å². The quantitative estimate of drug-likeness (QED) is 0.679. The van der Waals surface area contributed by atoms with Crippen LogP contribution >= 0.6 is 0 Å². The lowest BCUT2D eigenvalue weighted by molar-refractivity contribution is -0.149. The molecule has 2 heteroatoms. The molecule has 1 saturated carbocycles. The Hall–Kier alpha value is -0.530. The Morgan fingerprint density at radius 1 is 1.40 bits per heavy atom. The van der Waals surface area contributed by atoms with Crippen LogP contribution in [0.1, 0.15) is 65.2 Å². The maximum Gasteiger partial charge on any atom is 0.309 e. The highest BCUT2D eigenvalue weighted by atomic mass is 16.4. The zero-order valence-corrected chi connectivity index (χ0v) is 10.1. The Bertz CT molecular complexity index is 213. The third-order valence-electron chi connectivity index (χ3n) is 3.82. The van der Waals surface area contributed by atoms with Crippen LogP contribution in [0.5, 0.6) is 0 Å². The van der Waals surface area contributed by atoms with Gasteiger partial charge in [0.15, 0.2) is 0 Å². The molecule has 1 aliphatic carbocycles. The number of carbonyl (C=O) groups is 1. The van der Waals surface area contributed by atoms with E-state index in [0.29, 0.717) is 5.92 Å². The van der Waals surface area contributed by atoms with E-state index in [2.05, 4.69) is 13.8 Å². The van der Waals surface area contributed by atoms with Crippen molar-refractivity contribution in [3.63, 3.8) is 0 Å². The van der Waals surface area contributed by atoms with Gasteiger partial charge in [-0.15, -0.1) is 0 Å². The van der Waals surface area contributed by atoms with Crippen molar-refractivity contribution in [3.05, 3.63) is 0 Å². The first-order valence-corrected chi connectivity index (χ1v) is 6.34. The van der Waals surface area contributed by atoms with Crippen molar-refractivity contribution >= 4 is 5.97 Å². The van der Waals surface area contributed by atoms with Crippen LogP contribution in [0.4, 0.5) is 0 Å². The number of carboxylic acid groups (broad SMARTS) is 1. The summed E-state index contributed by atoms with van der Waals surface area (Å²) in [6.07, 6.45) is 8.53. The molecule has 2 atom stereocenters. The fourth-order valence-electron chi connectivity index (χ4n) is 2.81. The standard InChI is InChI=1S/C13H24O2/c1-3-4-5-6-8-13(12(14)15)9-7-11(2)10-13/h11H,3-10H2,1-2H3,(H,14,15). The van der Waals surface area contributed by atoms with Crippen LogP contribution < -0.4 is 0 Å². The van der Waals surface area contributed by atoms with Crippen molar-refractivity contribution in [1.82, 2.24) is 0 Å². The van der Waals surface area contributed by atoms with Gasteiger partial charge in [-0.25, -0.2) is 0 Å². The molecule has 0 heterocycles. The average Bonchev–Trinajstić information content (AvgIpc) is 2.56. The number of carboxylic acids is 1. The minimum Gasteiger partial charge on any atom is -0.481 e. The van der Waals surface area contributed by atoms with E-state index in [1.807, 2.05) is 0 Å². The Labute approximate surface area is 93.1 Å². The van der Waals surface area contributed by atoms with Gasteiger partial charge in [-0.05, 0) is 31.6 Å². The molecule has 1 rings (SSSR count). The number of rotatable bonds is 6. The van der Waals surface area contributed by atoms with Crippen LogP contribution in [0.15, 0.2) is 0 Å². The molecule has 1 N–H and O–H groups in total. The van der Waals surface area contributed by atoms with Gasteiger partial charge in [-0.2, -0.15) is 0 Å². The Balaban J connectivity index is 2.41. The Kier molecular flexibility index (Phi) is 4.62. The minimum atomic E-state index is -0.552. The van der Waals surface area contributed by atoms with Gasteiger partial charge in [0.1, 0.15) is 0 Å². The minimum absolute atomic E-state index is 0.368. The molecule has 0 aromatic rings. The van der Waals surface area contributed by atoms with Crippen molar-refractivity contribution < 1.29 is 9.90 Å². The number of hydrogen-bond donors (Lipinski definition) is 1. The van der Waals surface area contributed by atoms with Gasteiger partial charge < -0.3 is 5.11 Å². The van der Waals surface area contributed by atoms with E-state index in [1.165, 1.54) is 19.3 Å². The van der Waals surface area contributed by atoms with Gasteiger partial charge in [0.2, 0.25) is 0 Å². The maximum atomic E-state index is 11.3. The fraction of sp³-hybridized carbons (Fsp3) is 0.923. The predicted octanol–water partition coefficient (Wildman–Crippen LogP) is 3.85. The predicted molar refractivity (Wildman–Crippen MR) is 61.8 cm³/mol. The molecule has 0 spiro atoms. The number of unbranched alkanes of at least 4 members (excludes halogenated alkanes) is 3. The smallest absolute Gasteiger partial charge is 0.309 e. The van der Waals surface area contributed by atoms with Crippen molar-refractivity contribution in [2.75, 3.05) is 0 Å². The van der Waals surface area contributed by atoms with E-state index in [4.69, 9.17) is 0 Å². The molecule has 88 valence electrons. The first-order valence-electron chi connectivity index (χ1n) is 6.34. The van der Waals surface area contributed by atoms with Crippen molar-refractivity contribution in [2.24, 2.45) is 11.3 Å². The maximum absolute atomic E-state index is 11.3. The summed E-state index contributed by atoms with van der Waals surface area (Å²) in [5.41, 5.74) is -0.368. The molecule has 15 heavy (non-hydrogen) atoms. The summed E-state index contributed by atoms with van der Waals surface area (Å²) in [4.78, 5) is 11.3. The van der Waals surface area contributed by atoms with E-state index in [0.717, 1.165) is 32.1 Å². The van der Waals surface area contributed by atoms with Crippen LogP contribution in [-0.2, 0) is 4.79 Å². The molecular weight excluding hydrogens is 188 g/mol. The molecule has 0 aliphatic heterocycles. The summed E-state index contributed by atoms with van der Waals surface area (Å²) in [5.74, 6) is 0.0515. The molecule has 0 aromatic carbocycles. The monoisotopic (exact) mass is 212 g/mol. The lowest BCUT2D eigenvalue weighted by Crippen LogP contribution is -2.28. The molecule has 0 amide bonds. The van der Waals surface area contributed by atoms with Gasteiger partial charge in [0, 0.05) is 0 Å². The topological polar surface area (TPSA) is 37.3 Å². The Morgan fingerprint density at radius 2 is 2.13 bits per heavy atom. The van der Waals surface area contributed by atoms with Gasteiger partial charge in [-0.1, -0.05) is 39.5 Å². The van der Waals surface area contributed by atoms with Gasteiger partial charge in [0.25, 0.3) is 0 Å². The second-order valence-electron chi connectivity index (χ2n) is 5.24. The molecule has 1 fully saturated rings. The number of aliphatic carboxylic acids is 1. The SMILES string of the molecule is CCCCCCC1(C(=O)O)CCC(C)C1. The zero-order chi connectivity index (χ0) is 11.3. The molecule has 1 aliphatic rings. The molecule has 2 unspecified atom stereocenters. The highest BCUT2D eigenvalue weighted by Gasteiger charge is 2.43. The summed E-state index contributed by atoms with van der Waals surface area (Å²) in [6.45, 7) is 4.36. The highest BCUT2D eigenvalue weighted by molar-refractivity contribution is 5.75. The largest absolute Gasteiger partial charge is 0.481 e. The van der Waals surface area contributed by atoms with Crippen molar-refractivity contribution in [1.29, 1.82) is 0 Å². The van der Waals surface area contributed by atoms with Crippen LogP contribution in [0.25, 0.3) is 0 Å². The third-order valence-corrected chi connectivity index (χ3v) is 3.82. The lowest BCUT2D eigenvalue weighted by Gasteiger charge is -2.24. The first kappa shape index (κ1) is 12.5. The summed E-state index contributed by atoms with van der Waals surface area (Å²) in [6, 6.07) is 0. The second kappa shape index (κ2) is 5.53. The Morgan fingerprint density at radius 3 is 2.60 bits per heavy atom. The lowest BCUT2D eigenvalue weighted by atomic mass is 9.80. The van der Waals surface area contributed by atoms with Gasteiger partial charge in [-0.3, -0.25) is 4.79 Å². The summed E-state index contributed by atoms with van der Waals surface area (Å²) in [5, 5.41) is 9.34. The van der Waals surface area contributed by atoms with Crippen molar-refractivity contribution in [2.45, 2.75) is 65.2 Å². The van der Waals surface area contributed by atoms with Crippen LogP contribution in [0.2, 0.25) is 0 Å². The summed E-state index contributed by atoms with van der Waals surface area (Å²) < 4.78 is 0. The molecule has 0 bridgehead atoms. The zero-order valence-electron chi connectivity index (χ0n) is 10.1. The van der Waals surface area contributed by atoms with Gasteiger partial charge >= 0.3 is 5.97 Å². The van der Waals surface area contributed by atoms with Crippen LogP contribution in [0.3, 0.4) is 0 Å². The second-order valence-corrected chi connectivity index (χ2v) is 5.24. The molecule has 2 nitrogen and oxygen atoms in total. The van der Waals surface area contributed by atoms with E-state index >= 15 is 0 Å². The third kappa shape index (κ3) is 3.22. The van der Waals surface area contributed by atoms with E-state index in [-0.39, 0.29) is 5.41 Å². The first-order chi connectivity index (χ1) is 7.10. The average molecular weight is 212 g/mol. The molecule has 0 aromatic heterocycles. The normalized spacial score (nSPS) is 30.7. The number of hydrogen-bond acceptors (Lipinski definition) is 1. The van der Waals surface area contributed by atoms with Gasteiger partial charge in [0.05, 0.1) is 5.41 Å². The molecular formula is C13H24O2. The summed E-state index contributed by atoms with van der Waals surface area (Å²) in [7, 11) is 0. The van der Waals surface area contributed by atoms with Crippen molar-refractivity contribution in [3.8, 4) is 0 Å². The van der Waals surface area contributed by atoms with Crippen LogP contribution in [0, 0.1) is 11.3 Å². The summed E-state index contributed by atoms with van der Waals surface area (Å²) >= 11 is 0.